The van der Waals surface area contributed by atoms with E-state index in [4.69, 9.17) is 14.2 Å². The highest BCUT2D eigenvalue weighted by molar-refractivity contribution is 5.92. The molecule has 0 aromatic heterocycles. The van der Waals surface area contributed by atoms with Gasteiger partial charge in [0, 0.05) is 37.6 Å². The van der Waals surface area contributed by atoms with Gasteiger partial charge in [-0.2, -0.15) is 0 Å². The highest BCUT2D eigenvalue weighted by atomic mass is 19.3. The number of carbonyl (C=O) groups is 3. The molecule has 2 N–H and O–H groups in total. The number of hydrogen-bond donors (Lipinski definition) is 2. The first-order valence-electron chi connectivity index (χ1n) is 14.2. The van der Waals surface area contributed by atoms with Crippen LogP contribution >= 0.6 is 0 Å². The van der Waals surface area contributed by atoms with Gasteiger partial charge in [-0.25, -0.2) is 22.8 Å². The average molecular weight is 624 g/mol. The van der Waals surface area contributed by atoms with Crippen LogP contribution < -0.4 is 15.0 Å². The molecule has 0 aliphatic carbocycles. The average Bonchev–Trinajstić information content (AvgIpc) is 3.26. The Hall–Kier alpha value is -4.16. The van der Waals surface area contributed by atoms with Gasteiger partial charge in [-0.1, -0.05) is 30.3 Å². The maximum absolute atomic E-state index is 16.2. The molecule has 0 radical (unpaired) electrons. The number of nitrogens with one attached hydrogen (secondary N) is 1. The number of benzene rings is 2. The molecule has 2 amide bonds. The molecule has 0 spiro atoms. The van der Waals surface area contributed by atoms with E-state index in [2.05, 4.69) is 5.32 Å². The lowest BCUT2D eigenvalue weighted by Gasteiger charge is -2.31. The Kier molecular flexibility index (Phi) is 11.0. The predicted molar refractivity (Wildman–Crippen MR) is 158 cm³/mol. The number of fused-ring (bicyclic) bond motifs is 1. The quantitative estimate of drug-likeness (QED) is 0.274. The molecule has 10 nitrogen and oxygen atoms in total. The predicted octanol–water partition coefficient (Wildman–Crippen LogP) is 6.46. The molecule has 0 fully saturated rings. The Labute approximate surface area is 255 Å². The largest absolute Gasteiger partial charge is 0.487 e. The second-order valence-electron chi connectivity index (χ2n) is 12.4. The van der Waals surface area contributed by atoms with E-state index < -0.39 is 67.2 Å². The zero-order valence-corrected chi connectivity index (χ0v) is 25.8. The third kappa shape index (κ3) is 9.68. The molecule has 2 aromatic carbocycles. The molecule has 0 saturated heterocycles. The monoisotopic (exact) mass is 623 g/mol. The second kappa shape index (κ2) is 14.1. The van der Waals surface area contributed by atoms with Crippen molar-refractivity contribution in [2.24, 2.45) is 0 Å². The lowest BCUT2D eigenvalue weighted by atomic mass is 10.1. The van der Waals surface area contributed by atoms with E-state index in [1.807, 2.05) is 6.07 Å². The third-order valence-corrected chi connectivity index (χ3v) is 6.35. The highest BCUT2D eigenvalue weighted by Gasteiger charge is 2.40. The standard InChI is InChI=1S/C31H40F3N3O7/c1-30(2,3)43-25(38)16-35-27-23(42-18-19-10-8-7-9-11-19)15-22-21(26(27)34)14-20(37(22)28(39)40)17-36(13-12-24(32)33)29(41)44-31(4,5)6/h7-11,15,20,24,35H,12-14,16-18H2,1-6H3,(H,39,40)/t20-/m1/s1. The first-order valence-corrected chi connectivity index (χ1v) is 14.2. The summed E-state index contributed by atoms with van der Waals surface area (Å²) in [6.45, 7) is 8.80. The summed E-state index contributed by atoms with van der Waals surface area (Å²) in [6.07, 6.45) is -5.88. The van der Waals surface area contributed by atoms with Crippen LogP contribution in [0.4, 0.5) is 34.1 Å². The molecule has 2 aromatic rings. The molecule has 242 valence electrons. The Morgan fingerprint density at radius 3 is 2.27 bits per heavy atom. The van der Waals surface area contributed by atoms with Crippen molar-refractivity contribution in [1.29, 1.82) is 0 Å². The van der Waals surface area contributed by atoms with Gasteiger partial charge in [0.15, 0.2) is 5.82 Å². The van der Waals surface area contributed by atoms with Gasteiger partial charge in [-0.05, 0) is 47.1 Å². The molecule has 0 saturated carbocycles. The summed E-state index contributed by atoms with van der Waals surface area (Å²) in [5, 5.41) is 12.9. The van der Waals surface area contributed by atoms with Crippen LogP contribution in [-0.4, -0.2) is 71.5 Å². The van der Waals surface area contributed by atoms with Crippen molar-refractivity contribution in [2.75, 3.05) is 29.9 Å². The van der Waals surface area contributed by atoms with Crippen molar-refractivity contribution in [1.82, 2.24) is 4.90 Å². The molecule has 1 heterocycles. The minimum atomic E-state index is -2.71. The van der Waals surface area contributed by atoms with Gasteiger partial charge in [-0.15, -0.1) is 0 Å². The number of esters is 1. The second-order valence-corrected chi connectivity index (χ2v) is 12.4. The molecule has 1 atom stereocenters. The van der Waals surface area contributed by atoms with Crippen LogP contribution in [0.3, 0.4) is 0 Å². The fourth-order valence-electron chi connectivity index (χ4n) is 4.64. The van der Waals surface area contributed by atoms with E-state index in [0.29, 0.717) is 0 Å². The maximum Gasteiger partial charge on any atom is 0.412 e. The van der Waals surface area contributed by atoms with Crippen LogP contribution in [0.2, 0.25) is 0 Å². The molecular formula is C31H40F3N3O7. The summed E-state index contributed by atoms with van der Waals surface area (Å²) >= 11 is 0. The van der Waals surface area contributed by atoms with Crippen LogP contribution in [-0.2, 0) is 27.3 Å². The first-order chi connectivity index (χ1) is 20.4. The number of anilines is 2. The number of ether oxygens (including phenoxy) is 3. The van der Waals surface area contributed by atoms with E-state index in [0.717, 1.165) is 15.4 Å². The highest BCUT2D eigenvalue weighted by Crippen LogP contribution is 2.43. The number of carbonyl (C=O) groups excluding carboxylic acids is 2. The van der Waals surface area contributed by atoms with Gasteiger partial charge in [0.05, 0.1) is 11.7 Å². The summed E-state index contributed by atoms with van der Waals surface area (Å²) in [7, 11) is 0. The van der Waals surface area contributed by atoms with E-state index in [1.165, 1.54) is 6.07 Å². The molecule has 13 heteroatoms. The van der Waals surface area contributed by atoms with Crippen LogP contribution in [0, 0.1) is 5.82 Å². The van der Waals surface area contributed by atoms with Gasteiger partial charge < -0.3 is 29.5 Å². The van der Waals surface area contributed by atoms with Crippen molar-refractivity contribution in [2.45, 2.75) is 84.7 Å². The van der Waals surface area contributed by atoms with Crippen molar-refractivity contribution >= 4 is 29.5 Å². The van der Waals surface area contributed by atoms with E-state index in [-0.39, 0.29) is 42.3 Å². The normalized spacial score (nSPS) is 14.7. The summed E-state index contributed by atoms with van der Waals surface area (Å²) in [5.74, 6) is -1.55. The summed E-state index contributed by atoms with van der Waals surface area (Å²) in [4.78, 5) is 39.7. The van der Waals surface area contributed by atoms with Crippen molar-refractivity contribution in [3.63, 3.8) is 0 Å². The van der Waals surface area contributed by atoms with Gasteiger partial charge in [0.1, 0.15) is 35.8 Å². The SMILES string of the molecule is CC(C)(C)OC(=O)CNc1c(OCc2ccccc2)cc2c(c1F)C[C@H](CN(CCC(F)F)C(=O)OC(C)(C)C)N2C(=O)O. The van der Waals surface area contributed by atoms with Gasteiger partial charge in [0.2, 0.25) is 6.43 Å². The number of amides is 2. The minimum absolute atomic E-state index is 0.00542. The summed E-state index contributed by atoms with van der Waals surface area (Å²) in [6, 6.07) is 9.33. The molecule has 44 heavy (non-hydrogen) atoms. The Bertz CT molecular complexity index is 1330. The number of hydrogen-bond acceptors (Lipinski definition) is 7. The number of alkyl halides is 2. The molecular weight excluding hydrogens is 583 g/mol. The van der Waals surface area contributed by atoms with Crippen LogP contribution in [0.1, 0.15) is 59.1 Å². The van der Waals surface area contributed by atoms with Crippen molar-refractivity contribution in [3.8, 4) is 5.75 Å². The maximum atomic E-state index is 16.2. The van der Waals surface area contributed by atoms with Crippen molar-refractivity contribution < 1.29 is 46.9 Å². The van der Waals surface area contributed by atoms with Crippen LogP contribution in [0.5, 0.6) is 5.75 Å². The van der Waals surface area contributed by atoms with Gasteiger partial charge >= 0.3 is 18.2 Å². The Balaban J connectivity index is 1.98. The van der Waals surface area contributed by atoms with Crippen molar-refractivity contribution in [3.05, 3.63) is 53.3 Å². The first kappa shape index (κ1) is 34.3. The number of nitrogens with zero attached hydrogens (tertiary/aromatic N) is 2. The topological polar surface area (TPSA) is 118 Å². The fraction of sp³-hybridized carbons (Fsp3) is 0.516. The van der Waals surface area contributed by atoms with E-state index in [9.17, 15) is 28.3 Å². The molecule has 1 aliphatic rings. The van der Waals surface area contributed by atoms with E-state index >= 15 is 4.39 Å². The Morgan fingerprint density at radius 2 is 1.70 bits per heavy atom. The number of carboxylic acid groups (broad SMARTS) is 1. The smallest absolute Gasteiger partial charge is 0.412 e. The molecule has 0 bridgehead atoms. The van der Waals surface area contributed by atoms with Gasteiger partial charge in [0.25, 0.3) is 0 Å². The van der Waals surface area contributed by atoms with E-state index in [1.54, 1.807) is 65.8 Å². The molecule has 1 aliphatic heterocycles. The lowest BCUT2D eigenvalue weighted by molar-refractivity contribution is -0.152. The lowest BCUT2D eigenvalue weighted by Crippen LogP contribution is -2.48. The molecule has 0 unspecified atom stereocenters. The van der Waals surface area contributed by atoms with Crippen LogP contribution in [0.15, 0.2) is 36.4 Å². The van der Waals surface area contributed by atoms with Crippen LogP contribution in [0.25, 0.3) is 0 Å². The Morgan fingerprint density at radius 1 is 1.07 bits per heavy atom. The zero-order chi connectivity index (χ0) is 32.8. The fourth-order valence-corrected chi connectivity index (χ4v) is 4.64. The summed E-state index contributed by atoms with van der Waals surface area (Å²) < 4.78 is 59.0. The number of halogens is 3. The number of rotatable bonds is 11. The zero-order valence-electron chi connectivity index (χ0n) is 25.8. The third-order valence-electron chi connectivity index (χ3n) is 6.35. The molecule has 3 rings (SSSR count). The minimum Gasteiger partial charge on any atom is -0.487 e. The van der Waals surface area contributed by atoms with Gasteiger partial charge in [-0.3, -0.25) is 9.69 Å². The summed E-state index contributed by atoms with van der Waals surface area (Å²) in [5.41, 5.74) is -1.15.